The van der Waals surface area contributed by atoms with Crippen molar-refractivity contribution in [1.82, 2.24) is 0 Å². The zero-order chi connectivity index (χ0) is 21.5. The first-order valence-electron chi connectivity index (χ1n) is 9.29. The van der Waals surface area contributed by atoms with Gasteiger partial charge >= 0.3 is 11.9 Å². The van der Waals surface area contributed by atoms with E-state index >= 15 is 0 Å². The summed E-state index contributed by atoms with van der Waals surface area (Å²) in [5, 5.41) is 3.72. The lowest BCUT2D eigenvalue weighted by Gasteiger charge is -2.42. The SMILES string of the molecule is CO[C@H]1OC(C)[C@@H](N=[N+]=[N-])C(OC(=O)c2ccccc2)[C@H]1OC(=O)c1ccccc1. The van der Waals surface area contributed by atoms with Crippen LogP contribution in [0.3, 0.4) is 0 Å². The summed E-state index contributed by atoms with van der Waals surface area (Å²) in [7, 11) is 1.38. The molecule has 2 unspecified atom stereocenters. The number of carbonyl (C=O) groups excluding carboxylic acids is 2. The van der Waals surface area contributed by atoms with Crippen molar-refractivity contribution < 1.29 is 28.5 Å². The molecule has 5 atom stereocenters. The van der Waals surface area contributed by atoms with Crippen LogP contribution in [0.1, 0.15) is 27.6 Å². The fourth-order valence-corrected chi connectivity index (χ4v) is 3.19. The van der Waals surface area contributed by atoms with Gasteiger partial charge in [0.25, 0.3) is 0 Å². The van der Waals surface area contributed by atoms with Gasteiger partial charge in [0.15, 0.2) is 18.5 Å². The highest BCUT2D eigenvalue weighted by Gasteiger charge is 2.49. The third-order valence-corrected chi connectivity index (χ3v) is 4.68. The van der Waals surface area contributed by atoms with E-state index in [0.717, 1.165) is 0 Å². The van der Waals surface area contributed by atoms with Crippen molar-refractivity contribution in [2.45, 2.75) is 37.6 Å². The number of hydrogen-bond donors (Lipinski definition) is 0. The minimum Gasteiger partial charge on any atom is -0.454 e. The van der Waals surface area contributed by atoms with Gasteiger partial charge in [0.05, 0.1) is 17.2 Å². The van der Waals surface area contributed by atoms with E-state index in [4.69, 9.17) is 24.5 Å². The molecule has 30 heavy (non-hydrogen) atoms. The highest BCUT2D eigenvalue weighted by Crippen LogP contribution is 2.30. The highest BCUT2D eigenvalue weighted by atomic mass is 16.7. The van der Waals surface area contributed by atoms with Gasteiger partial charge in [-0.2, -0.15) is 0 Å². The molecule has 1 saturated heterocycles. The molecule has 1 aliphatic heterocycles. The molecule has 0 amide bonds. The average molecular weight is 411 g/mol. The van der Waals surface area contributed by atoms with Gasteiger partial charge in [0, 0.05) is 12.0 Å². The lowest BCUT2D eigenvalue weighted by molar-refractivity contribution is -0.259. The van der Waals surface area contributed by atoms with Crippen LogP contribution in [0.15, 0.2) is 65.8 Å². The van der Waals surface area contributed by atoms with Crippen LogP contribution in [0.5, 0.6) is 0 Å². The fourth-order valence-electron chi connectivity index (χ4n) is 3.19. The maximum absolute atomic E-state index is 12.7. The number of rotatable bonds is 6. The monoisotopic (exact) mass is 411 g/mol. The fraction of sp³-hybridized carbons (Fsp3) is 0.333. The van der Waals surface area contributed by atoms with Crippen LogP contribution in [0.2, 0.25) is 0 Å². The van der Waals surface area contributed by atoms with Gasteiger partial charge < -0.3 is 18.9 Å². The molecule has 1 heterocycles. The number of benzene rings is 2. The van der Waals surface area contributed by atoms with Gasteiger partial charge in [-0.15, -0.1) is 0 Å². The molecule has 0 spiro atoms. The van der Waals surface area contributed by atoms with E-state index in [-0.39, 0.29) is 0 Å². The Morgan fingerprint density at radius 3 is 1.90 bits per heavy atom. The van der Waals surface area contributed by atoms with Crippen molar-refractivity contribution in [3.8, 4) is 0 Å². The zero-order valence-electron chi connectivity index (χ0n) is 16.5. The zero-order valence-corrected chi connectivity index (χ0v) is 16.5. The minimum atomic E-state index is -1.15. The molecule has 9 nitrogen and oxygen atoms in total. The second kappa shape index (κ2) is 9.89. The van der Waals surface area contributed by atoms with E-state index in [9.17, 15) is 9.59 Å². The minimum absolute atomic E-state index is 0.304. The molecule has 0 bridgehead atoms. The van der Waals surface area contributed by atoms with Crippen molar-refractivity contribution in [2.75, 3.05) is 7.11 Å². The second-order valence-corrected chi connectivity index (χ2v) is 6.61. The van der Waals surface area contributed by atoms with Gasteiger partial charge in [0.1, 0.15) is 6.04 Å². The first kappa shape index (κ1) is 21.3. The Morgan fingerprint density at radius 2 is 1.43 bits per heavy atom. The van der Waals surface area contributed by atoms with Crippen molar-refractivity contribution >= 4 is 11.9 Å². The summed E-state index contributed by atoms with van der Waals surface area (Å²) in [6.45, 7) is 1.66. The Bertz CT molecular complexity index is 917. The van der Waals surface area contributed by atoms with Crippen LogP contribution in [0, 0.1) is 0 Å². The summed E-state index contributed by atoms with van der Waals surface area (Å²) in [6.07, 6.45) is -3.94. The van der Waals surface area contributed by atoms with Crippen LogP contribution in [-0.4, -0.2) is 49.7 Å². The molecule has 0 aliphatic carbocycles. The molecule has 9 heteroatoms. The summed E-state index contributed by atoms with van der Waals surface area (Å²) in [6, 6.07) is 15.7. The summed E-state index contributed by atoms with van der Waals surface area (Å²) in [4.78, 5) is 28.2. The van der Waals surface area contributed by atoms with Crippen LogP contribution < -0.4 is 0 Å². The Labute approximate surface area is 173 Å². The largest absolute Gasteiger partial charge is 0.454 e. The summed E-state index contributed by atoms with van der Waals surface area (Å²) < 4.78 is 22.3. The van der Waals surface area contributed by atoms with Crippen molar-refractivity contribution in [3.05, 3.63) is 82.2 Å². The maximum Gasteiger partial charge on any atom is 0.338 e. The standard InChI is InChI=1S/C21H21N3O6/c1-13-16(23-24-22)17(29-19(25)14-9-5-3-6-10-14)18(21(27-2)28-13)30-20(26)15-11-7-4-8-12-15/h3-13,16-18,21H,1-2H3/t13?,16-,17?,18-,21+/m1/s1. The molecule has 3 rings (SSSR count). The predicted octanol–water partition coefficient (Wildman–Crippen LogP) is 3.51. The smallest absolute Gasteiger partial charge is 0.338 e. The quantitative estimate of drug-likeness (QED) is 0.310. The third kappa shape index (κ3) is 4.77. The number of esters is 2. The summed E-state index contributed by atoms with van der Waals surface area (Å²) >= 11 is 0. The number of carbonyl (C=O) groups is 2. The predicted molar refractivity (Wildman–Crippen MR) is 106 cm³/mol. The van der Waals surface area contributed by atoms with Crippen molar-refractivity contribution in [3.63, 3.8) is 0 Å². The summed E-state index contributed by atoms with van der Waals surface area (Å²) in [5.74, 6) is -1.30. The topological polar surface area (TPSA) is 120 Å². The second-order valence-electron chi connectivity index (χ2n) is 6.61. The number of nitrogens with zero attached hydrogens (tertiary/aromatic N) is 3. The molecule has 1 fully saturated rings. The van der Waals surface area contributed by atoms with Gasteiger partial charge in [-0.05, 0) is 36.7 Å². The van der Waals surface area contributed by atoms with Crippen molar-refractivity contribution in [2.24, 2.45) is 5.11 Å². The van der Waals surface area contributed by atoms with E-state index in [1.165, 1.54) is 7.11 Å². The van der Waals surface area contributed by atoms with Gasteiger partial charge in [0.2, 0.25) is 0 Å². The van der Waals surface area contributed by atoms with E-state index in [1.807, 2.05) is 0 Å². The molecule has 2 aromatic carbocycles. The molecular formula is C21H21N3O6. The average Bonchev–Trinajstić information content (AvgIpc) is 2.78. The molecule has 0 aromatic heterocycles. The number of azide groups is 1. The molecule has 156 valence electrons. The highest BCUT2D eigenvalue weighted by molar-refractivity contribution is 5.90. The lowest BCUT2D eigenvalue weighted by atomic mass is 9.97. The Balaban J connectivity index is 1.92. The molecule has 0 saturated carbocycles. The number of methoxy groups -OCH3 is 1. The van der Waals surface area contributed by atoms with Crippen LogP contribution in [-0.2, 0) is 18.9 Å². The normalized spacial score (nSPS) is 25.6. The molecule has 0 N–H and O–H groups in total. The number of hydrogen-bond acceptors (Lipinski definition) is 7. The Kier molecular flexibility index (Phi) is 7.03. The van der Waals surface area contributed by atoms with E-state index < -0.39 is 42.6 Å². The molecule has 2 aromatic rings. The maximum atomic E-state index is 12.7. The van der Waals surface area contributed by atoms with E-state index in [1.54, 1.807) is 67.6 Å². The van der Waals surface area contributed by atoms with Gasteiger partial charge in [-0.25, -0.2) is 9.59 Å². The van der Waals surface area contributed by atoms with Crippen LogP contribution >= 0.6 is 0 Å². The Hall–Kier alpha value is -3.39. The van der Waals surface area contributed by atoms with Crippen LogP contribution in [0.4, 0.5) is 0 Å². The van der Waals surface area contributed by atoms with Crippen molar-refractivity contribution in [1.29, 1.82) is 0 Å². The number of ether oxygens (including phenoxy) is 4. The molecular weight excluding hydrogens is 390 g/mol. The molecule has 1 aliphatic rings. The van der Waals surface area contributed by atoms with Gasteiger partial charge in [-0.1, -0.05) is 41.5 Å². The Morgan fingerprint density at radius 1 is 0.933 bits per heavy atom. The first-order chi connectivity index (χ1) is 14.5. The summed E-state index contributed by atoms with van der Waals surface area (Å²) in [5.41, 5.74) is 9.61. The first-order valence-corrected chi connectivity index (χ1v) is 9.29. The van der Waals surface area contributed by atoms with Gasteiger partial charge in [-0.3, -0.25) is 0 Å². The van der Waals surface area contributed by atoms with E-state index in [2.05, 4.69) is 10.0 Å². The third-order valence-electron chi connectivity index (χ3n) is 4.68. The van der Waals surface area contributed by atoms with E-state index in [0.29, 0.717) is 11.1 Å². The van der Waals surface area contributed by atoms with Crippen LogP contribution in [0.25, 0.3) is 10.4 Å². The lowest BCUT2D eigenvalue weighted by Crippen LogP contribution is -2.59. The molecule has 0 radical (unpaired) electrons.